The number of carboxylic acids is 1. The summed E-state index contributed by atoms with van der Waals surface area (Å²) in [7, 11) is -7.27. The highest BCUT2D eigenvalue weighted by Crippen LogP contribution is 2.19. The van der Waals surface area contributed by atoms with E-state index in [4.69, 9.17) is 5.11 Å². The van der Waals surface area contributed by atoms with E-state index in [0.29, 0.717) is 11.3 Å². The molecule has 0 saturated heterocycles. The van der Waals surface area contributed by atoms with Gasteiger partial charge in [0, 0.05) is 13.1 Å². The Hall–Kier alpha value is -1.08. The first kappa shape index (κ1) is 17.0. The van der Waals surface area contributed by atoms with Crippen molar-refractivity contribution in [3.8, 4) is 0 Å². The van der Waals surface area contributed by atoms with Gasteiger partial charge in [-0.1, -0.05) is 0 Å². The molecule has 0 amide bonds. The predicted octanol–water partition coefficient (Wildman–Crippen LogP) is -0.941. The molecule has 0 aliphatic carbocycles. The van der Waals surface area contributed by atoms with Gasteiger partial charge in [-0.25, -0.2) is 36.1 Å². The van der Waals surface area contributed by atoms with Crippen LogP contribution in [0.5, 0.6) is 0 Å². The maximum Gasteiger partial charge on any atom is 0.356 e. The SMILES string of the molecule is CS(=O)(=O)NCCCNS(=O)(=O)c1scnc1C(=O)O. The van der Waals surface area contributed by atoms with Crippen molar-refractivity contribution in [1.29, 1.82) is 0 Å². The Morgan fingerprint density at radius 2 is 1.90 bits per heavy atom. The zero-order valence-electron chi connectivity index (χ0n) is 10.4. The van der Waals surface area contributed by atoms with Crippen LogP contribution in [0.4, 0.5) is 0 Å². The largest absolute Gasteiger partial charge is 0.476 e. The number of nitrogens with zero attached hydrogens (tertiary/aromatic N) is 1. The third kappa shape index (κ3) is 5.13. The molecule has 114 valence electrons. The second-order valence-electron chi connectivity index (χ2n) is 3.71. The second-order valence-corrected chi connectivity index (χ2v) is 8.36. The lowest BCUT2D eigenvalue weighted by atomic mass is 10.4. The molecule has 1 rings (SSSR count). The Balaban J connectivity index is 2.58. The van der Waals surface area contributed by atoms with Crippen molar-refractivity contribution >= 4 is 37.4 Å². The average Bonchev–Trinajstić information content (AvgIpc) is 2.76. The molecule has 0 radical (unpaired) electrons. The van der Waals surface area contributed by atoms with Gasteiger partial charge in [0.15, 0.2) is 9.90 Å². The van der Waals surface area contributed by atoms with E-state index in [2.05, 4.69) is 14.4 Å². The molecule has 3 N–H and O–H groups in total. The van der Waals surface area contributed by atoms with Crippen molar-refractivity contribution in [2.24, 2.45) is 0 Å². The maximum atomic E-state index is 11.8. The lowest BCUT2D eigenvalue weighted by Gasteiger charge is -2.05. The molecular weight excluding hydrogens is 330 g/mol. The van der Waals surface area contributed by atoms with E-state index in [1.807, 2.05) is 0 Å². The van der Waals surface area contributed by atoms with Crippen LogP contribution >= 0.6 is 11.3 Å². The van der Waals surface area contributed by atoms with Crippen LogP contribution in [0.2, 0.25) is 0 Å². The number of hydrogen-bond acceptors (Lipinski definition) is 7. The molecule has 0 saturated carbocycles. The van der Waals surface area contributed by atoms with Gasteiger partial charge in [0.2, 0.25) is 10.0 Å². The predicted molar refractivity (Wildman–Crippen MR) is 71.7 cm³/mol. The fourth-order valence-electron chi connectivity index (χ4n) is 1.19. The lowest BCUT2D eigenvalue weighted by molar-refractivity contribution is 0.0687. The number of sulfonamides is 2. The normalized spacial score (nSPS) is 12.4. The van der Waals surface area contributed by atoms with Crippen molar-refractivity contribution in [2.75, 3.05) is 19.3 Å². The summed E-state index contributed by atoms with van der Waals surface area (Å²) in [5, 5.41) is 8.79. The summed E-state index contributed by atoms with van der Waals surface area (Å²) in [6, 6.07) is 0. The molecule has 0 aliphatic rings. The van der Waals surface area contributed by atoms with E-state index in [-0.39, 0.29) is 23.7 Å². The van der Waals surface area contributed by atoms with Gasteiger partial charge in [0.25, 0.3) is 10.0 Å². The summed E-state index contributed by atoms with van der Waals surface area (Å²) < 4.78 is 49.2. The fraction of sp³-hybridized carbons (Fsp3) is 0.500. The molecule has 0 atom stereocenters. The molecule has 0 aliphatic heterocycles. The summed E-state index contributed by atoms with van der Waals surface area (Å²) in [4.78, 5) is 14.3. The zero-order valence-corrected chi connectivity index (χ0v) is 12.8. The van der Waals surface area contributed by atoms with E-state index < -0.39 is 31.7 Å². The Morgan fingerprint density at radius 1 is 1.30 bits per heavy atom. The lowest BCUT2D eigenvalue weighted by Crippen LogP contribution is -2.29. The highest BCUT2D eigenvalue weighted by atomic mass is 32.2. The van der Waals surface area contributed by atoms with E-state index in [1.54, 1.807) is 0 Å². The van der Waals surface area contributed by atoms with Crippen molar-refractivity contribution in [3.05, 3.63) is 11.2 Å². The number of thiazole rings is 1. The number of nitrogens with one attached hydrogen (secondary N) is 2. The molecule has 1 aromatic heterocycles. The van der Waals surface area contributed by atoms with E-state index in [1.165, 1.54) is 0 Å². The van der Waals surface area contributed by atoms with Gasteiger partial charge < -0.3 is 5.11 Å². The van der Waals surface area contributed by atoms with E-state index in [9.17, 15) is 21.6 Å². The minimum Gasteiger partial charge on any atom is -0.476 e. The molecule has 20 heavy (non-hydrogen) atoms. The smallest absolute Gasteiger partial charge is 0.356 e. The third-order valence-corrected chi connectivity index (χ3v) is 5.55. The molecule has 9 nitrogen and oxygen atoms in total. The van der Waals surface area contributed by atoms with Crippen LogP contribution in [0.15, 0.2) is 9.72 Å². The molecule has 12 heteroatoms. The molecule has 1 heterocycles. The molecule has 0 unspecified atom stereocenters. The molecule has 0 aromatic carbocycles. The summed E-state index contributed by atoms with van der Waals surface area (Å²) in [5.74, 6) is -1.43. The van der Waals surface area contributed by atoms with Gasteiger partial charge in [-0.3, -0.25) is 0 Å². The van der Waals surface area contributed by atoms with Gasteiger partial charge in [0.1, 0.15) is 0 Å². The number of rotatable bonds is 8. The third-order valence-electron chi connectivity index (χ3n) is 1.99. The van der Waals surface area contributed by atoms with Gasteiger partial charge in [0.05, 0.1) is 11.8 Å². The van der Waals surface area contributed by atoms with Crippen LogP contribution in [0.1, 0.15) is 16.9 Å². The van der Waals surface area contributed by atoms with Crippen molar-refractivity contribution in [1.82, 2.24) is 14.4 Å². The average molecular weight is 343 g/mol. The Bertz CT molecular complexity index is 678. The summed E-state index contributed by atoms with van der Waals surface area (Å²) >= 11 is 0.699. The zero-order chi connectivity index (χ0) is 15.4. The maximum absolute atomic E-state index is 11.8. The molecule has 0 bridgehead atoms. The van der Waals surface area contributed by atoms with Crippen LogP contribution in [0.25, 0.3) is 0 Å². The molecule has 0 fully saturated rings. The van der Waals surface area contributed by atoms with Gasteiger partial charge in [-0.05, 0) is 6.42 Å². The first-order valence-corrected chi connectivity index (χ1v) is 9.50. The summed E-state index contributed by atoms with van der Waals surface area (Å²) in [6.07, 6.45) is 1.22. The topological polar surface area (TPSA) is 143 Å². The van der Waals surface area contributed by atoms with Crippen LogP contribution < -0.4 is 9.44 Å². The number of hydrogen-bond donors (Lipinski definition) is 3. The first-order chi connectivity index (χ1) is 9.13. The fourth-order valence-corrected chi connectivity index (χ4v) is 3.96. The number of carbonyl (C=O) groups is 1. The second kappa shape index (κ2) is 6.58. The van der Waals surface area contributed by atoms with Crippen LogP contribution in [-0.4, -0.2) is 52.2 Å². The Labute approximate surface area is 120 Å². The minimum absolute atomic E-state index is 0.0260. The van der Waals surface area contributed by atoms with Crippen LogP contribution in [0.3, 0.4) is 0 Å². The number of aromatic nitrogens is 1. The van der Waals surface area contributed by atoms with Crippen molar-refractivity contribution in [3.63, 3.8) is 0 Å². The summed E-state index contributed by atoms with van der Waals surface area (Å²) in [5.41, 5.74) is 0.597. The summed E-state index contributed by atoms with van der Waals surface area (Å²) in [6.45, 7) is 0.0532. The highest BCUT2D eigenvalue weighted by Gasteiger charge is 2.25. The first-order valence-electron chi connectivity index (χ1n) is 5.24. The van der Waals surface area contributed by atoms with Crippen LogP contribution in [-0.2, 0) is 20.0 Å². The van der Waals surface area contributed by atoms with E-state index in [0.717, 1.165) is 11.8 Å². The van der Waals surface area contributed by atoms with Gasteiger partial charge in [-0.2, -0.15) is 0 Å². The Kier molecular flexibility index (Phi) is 5.59. The minimum atomic E-state index is -3.96. The molecule has 0 spiro atoms. The number of aromatic carboxylic acids is 1. The monoisotopic (exact) mass is 343 g/mol. The van der Waals surface area contributed by atoms with Gasteiger partial charge in [-0.15, -0.1) is 11.3 Å². The molecule has 1 aromatic rings. The Morgan fingerprint density at radius 3 is 2.45 bits per heavy atom. The van der Waals surface area contributed by atoms with E-state index >= 15 is 0 Å². The van der Waals surface area contributed by atoms with Gasteiger partial charge >= 0.3 is 5.97 Å². The van der Waals surface area contributed by atoms with Crippen molar-refractivity contribution in [2.45, 2.75) is 10.6 Å². The van der Waals surface area contributed by atoms with Crippen molar-refractivity contribution < 1.29 is 26.7 Å². The van der Waals surface area contributed by atoms with Crippen LogP contribution in [0, 0.1) is 0 Å². The quantitative estimate of drug-likeness (QED) is 0.517. The highest BCUT2D eigenvalue weighted by molar-refractivity contribution is 7.91. The number of carboxylic acid groups (broad SMARTS) is 1. The standard InChI is InChI=1S/C8H13N3O6S3/c1-19(14,15)10-3-2-4-11-20(16,17)8-6(7(12)13)9-5-18-8/h5,10-11H,2-4H2,1H3,(H,12,13). The molecular formula is C8H13N3O6S3.